The Labute approximate surface area is 168 Å². The van der Waals surface area contributed by atoms with Crippen LogP contribution in [-0.2, 0) is 10.2 Å². The Bertz CT molecular complexity index is 836. The standard InChI is InChI=1S/C24H32N2O2/c1-17(2)19-8-6-7-9-20(19)24(12-14-26(4)15-13-24)23(27)25-21-11-10-18(3)16-22(21)28-5/h6-11,16-17H,12-15H2,1-5H3,(H,25,27). The van der Waals surface area contributed by atoms with E-state index in [2.05, 4.69) is 55.4 Å². The topological polar surface area (TPSA) is 41.6 Å². The van der Waals surface area contributed by atoms with Crippen LogP contribution in [-0.4, -0.2) is 38.1 Å². The summed E-state index contributed by atoms with van der Waals surface area (Å²) in [7, 11) is 3.77. The van der Waals surface area contributed by atoms with Gasteiger partial charge >= 0.3 is 0 Å². The van der Waals surface area contributed by atoms with E-state index in [-0.39, 0.29) is 5.91 Å². The Kier molecular flexibility index (Phi) is 6.09. The van der Waals surface area contributed by atoms with Gasteiger partial charge in [0.05, 0.1) is 18.2 Å². The van der Waals surface area contributed by atoms with Gasteiger partial charge in [-0.3, -0.25) is 4.79 Å². The van der Waals surface area contributed by atoms with Gasteiger partial charge < -0.3 is 15.0 Å². The van der Waals surface area contributed by atoms with Gasteiger partial charge in [0, 0.05) is 0 Å². The van der Waals surface area contributed by atoms with E-state index in [1.807, 2.05) is 25.1 Å². The maximum atomic E-state index is 13.7. The van der Waals surface area contributed by atoms with Gasteiger partial charge in [-0.25, -0.2) is 0 Å². The fourth-order valence-electron chi connectivity index (χ4n) is 4.20. The van der Waals surface area contributed by atoms with Gasteiger partial charge in [0.1, 0.15) is 5.75 Å². The summed E-state index contributed by atoms with van der Waals surface area (Å²) in [5.74, 6) is 1.14. The third-order valence-electron chi connectivity index (χ3n) is 5.98. The number of methoxy groups -OCH3 is 1. The van der Waals surface area contributed by atoms with Gasteiger partial charge in [-0.05, 0) is 74.6 Å². The summed E-state index contributed by atoms with van der Waals surface area (Å²) in [5.41, 5.74) is 3.75. The Balaban J connectivity index is 2.03. The van der Waals surface area contributed by atoms with E-state index < -0.39 is 5.41 Å². The van der Waals surface area contributed by atoms with Crippen molar-refractivity contribution in [3.8, 4) is 5.75 Å². The van der Waals surface area contributed by atoms with Crippen molar-refractivity contribution in [2.75, 3.05) is 32.6 Å². The second-order valence-corrected chi connectivity index (χ2v) is 8.29. The minimum absolute atomic E-state index is 0.0656. The number of nitrogens with one attached hydrogen (secondary N) is 1. The number of rotatable bonds is 5. The minimum Gasteiger partial charge on any atom is -0.495 e. The SMILES string of the molecule is COc1cc(C)ccc1NC(=O)C1(c2ccccc2C(C)C)CCN(C)CC1. The van der Waals surface area contributed by atoms with Crippen molar-refractivity contribution in [2.45, 2.75) is 44.9 Å². The second-order valence-electron chi connectivity index (χ2n) is 8.29. The number of ether oxygens (including phenoxy) is 1. The van der Waals surface area contributed by atoms with Crippen LogP contribution < -0.4 is 10.1 Å². The van der Waals surface area contributed by atoms with Crippen molar-refractivity contribution >= 4 is 11.6 Å². The molecule has 0 aromatic heterocycles. The van der Waals surface area contributed by atoms with Crippen LogP contribution in [0.1, 0.15) is 49.3 Å². The van der Waals surface area contributed by atoms with Crippen LogP contribution in [0.15, 0.2) is 42.5 Å². The van der Waals surface area contributed by atoms with Crippen molar-refractivity contribution in [3.63, 3.8) is 0 Å². The summed E-state index contributed by atoms with van der Waals surface area (Å²) < 4.78 is 5.51. The molecule has 1 amide bonds. The summed E-state index contributed by atoms with van der Waals surface area (Å²) in [6.45, 7) is 8.23. The van der Waals surface area contributed by atoms with Crippen molar-refractivity contribution in [3.05, 3.63) is 59.2 Å². The van der Waals surface area contributed by atoms with Gasteiger partial charge in [-0.2, -0.15) is 0 Å². The van der Waals surface area contributed by atoms with Crippen LogP contribution in [0.25, 0.3) is 0 Å². The molecule has 1 N–H and O–H groups in total. The summed E-state index contributed by atoms with van der Waals surface area (Å²) in [6, 6.07) is 14.3. The van der Waals surface area contributed by atoms with E-state index >= 15 is 0 Å². The number of carbonyl (C=O) groups is 1. The monoisotopic (exact) mass is 380 g/mol. The predicted octanol–water partition coefficient (Wildman–Crippen LogP) is 4.73. The minimum atomic E-state index is -0.525. The van der Waals surface area contributed by atoms with E-state index in [9.17, 15) is 4.79 Å². The molecule has 0 unspecified atom stereocenters. The molecule has 2 aromatic carbocycles. The highest BCUT2D eigenvalue weighted by Crippen LogP contribution is 2.41. The molecule has 3 rings (SSSR count). The van der Waals surface area contributed by atoms with Crippen LogP contribution in [0.5, 0.6) is 5.75 Å². The number of carbonyl (C=O) groups excluding carboxylic acids is 1. The van der Waals surface area contributed by atoms with Crippen molar-refractivity contribution in [1.82, 2.24) is 4.90 Å². The lowest BCUT2D eigenvalue weighted by Gasteiger charge is -2.41. The number of likely N-dealkylation sites (tertiary alicyclic amines) is 1. The van der Waals surface area contributed by atoms with Crippen molar-refractivity contribution in [1.29, 1.82) is 0 Å². The zero-order chi connectivity index (χ0) is 20.3. The molecule has 0 atom stereocenters. The molecule has 0 radical (unpaired) electrons. The molecule has 0 aliphatic carbocycles. The Morgan fingerprint density at radius 2 is 1.82 bits per heavy atom. The first kappa shape index (κ1) is 20.4. The van der Waals surface area contributed by atoms with Gasteiger partial charge in [0.25, 0.3) is 0 Å². The molecule has 28 heavy (non-hydrogen) atoms. The molecular formula is C24H32N2O2. The molecule has 1 fully saturated rings. The van der Waals surface area contributed by atoms with E-state index in [1.54, 1.807) is 7.11 Å². The van der Waals surface area contributed by atoms with Crippen molar-refractivity contribution < 1.29 is 9.53 Å². The summed E-state index contributed by atoms with van der Waals surface area (Å²) in [6.07, 6.45) is 1.63. The Morgan fingerprint density at radius 3 is 2.46 bits per heavy atom. The number of anilines is 1. The number of benzene rings is 2. The van der Waals surface area contributed by atoms with Crippen LogP contribution in [0.4, 0.5) is 5.69 Å². The largest absolute Gasteiger partial charge is 0.495 e. The summed E-state index contributed by atoms with van der Waals surface area (Å²) in [4.78, 5) is 16.0. The first-order valence-corrected chi connectivity index (χ1v) is 10.1. The first-order chi connectivity index (χ1) is 13.4. The molecule has 0 spiro atoms. The van der Waals surface area contributed by atoms with Crippen LogP contribution >= 0.6 is 0 Å². The first-order valence-electron chi connectivity index (χ1n) is 10.1. The maximum Gasteiger partial charge on any atom is 0.235 e. The molecule has 2 aromatic rings. The predicted molar refractivity (Wildman–Crippen MR) is 115 cm³/mol. The summed E-state index contributed by atoms with van der Waals surface area (Å²) in [5, 5.41) is 3.20. The Morgan fingerprint density at radius 1 is 1.14 bits per heavy atom. The highest BCUT2D eigenvalue weighted by atomic mass is 16.5. The normalized spacial score (nSPS) is 16.8. The average molecular weight is 381 g/mol. The van der Waals surface area contributed by atoms with E-state index in [4.69, 9.17) is 4.74 Å². The van der Waals surface area contributed by atoms with Crippen LogP contribution in [0.3, 0.4) is 0 Å². The summed E-state index contributed by atoms with van der Waals surface area (Å²) >= 11 is 0. The van der Waals surface area contributed by atoms with Gasteiger partial charge in [0.15, 0.2) is 0 Å². The number of hydrogen-bond acceptors (Lipinski definition) is 3. The molecule has 4 heteroatoms. The molecule has 1 saturated heterocycles. The number of piperidine rings is 1. The van der Waals surface area contributed by atoms with E-state index in [0.29, 0.717) is 11.7 Å². The highest BCUT2D eigenvalue weighted by Gasteiger charge is 2.44. The molecule has 150 valence electrons. The van der Waals surface area contributed by atoms with Crippen LogP contribution in [0, 0.1) is 6.92 Å². The third-order valence-corrected chi connectivity index (χ3v) is 5.98. The fourth-order valence-corrected chi connectivity index (χ4v) is 4.20. The lowest BCUT2D eigenvalue weighted by Crippen LogP contribution is -2.49. The lowest BCUT2D eigenvalue weighted by molar-refractivity contribution is -0.123. The quantitative estimate of drug-likeness (QED) is 0.815. The average Bonchev–Trinajstić information content (AvgIpc) is 2.70. The van der Waals surface area contributed by atoms with Gasteiger partial charge in [0.2, 0.25) is 5.91 Å². The number of amides is 1. The molecule has 0 saturated carbocycles. The van der Waals surface area contributed by atoms with Crippen LogP contribution in [0.2, 0.25) is 0 Å². The fraction of sp³-hybridized carbons (Fsp3) is 0.458. The second kappa shape index (κ2) is 8.36. The molecular weight excluding hydrogens is 348 g/mol. The van der Waals surface area contributed by atoms with E-state index in [1.165, 1.54) is 11.1 Å². The van der Waals surface area contributed by atoms with Gasteiger partial charge in [-0.1, -0.05) is 44.2 Å². The highest BCUT2D eigenvalue weighted by molar-refractivity contribution is 6.00. The maximum absolute atomic E-state index is 13.7. The van der Waals surface area contributed by atoms with E-state index in [0.717, 1.165) is 37.2 Å². The zero-order valence-corrected chi connectivity index (χ0v) is 17.7. The lowest BCUT2D eigenvalue weighted by atomic mass is 9.69. The molecule has 0 bridgehead atoms. The number of hydrogen-bond donors (Lipinski definition) is 1. The zero-order valence-electron chi connectivity index (χ0n) is 17.7. The Hall–Kier alpha value is -2.33. The van der Waals surface area contributed by atoms with Gasteiger partial charge in [-0.15, -0.1) is 0 Å². The molecule has 4 nitrogen and oxygen atoms in total. The smallest absolute Gasteiger partial charge is 0.235 e. The number of aryl methyl sites for hydroxylation is 1. The third kappa shape index (κ3) is 3.93. The number of nitrogens with zero attached hydrogens (tertiary/aromatic N) is 1. The van der Waals surface area contributed by atoms with Crippen molar-refractivity contribution in [2.24, 2.45) is 0 Å². The molecule has 1 aliphatic rings. The molecule has 1 heterocycles. The molecule has 1 aliphatic heterocycles.